The van der Waals surface area contributed by atoms with E-state index in [0.29, 0.717) is 17.8 Å². The third-order valence-electron chi connectivity index (χ3n) is 6.53. The van der Waals surface area contributed by atoms with Gasteiger partial charge < -0.3 is 0 Å². The van der Waals surface area contributed by atoms with Crippen molar-refractivity contribution in [3.05, 3.63) is 119 Å². The molecule has 0 fully saturated rings. The first-order chi connectivity index (χ1) is 15.1. The van der Waals surface area contributed by atoms with Gasteiger partial charge in [0.1, 0.15) is 0 Å². The standard InChI is InChI=1S/C27H28.C4H10/c1-4-21(5-2)25-14-15-26-24(16-19(3)17-27(25)26)18-20-10-12-23(13-11-20)22-8-6-7-9-22;1-3-4-2/h4-16,19,22,27H,1,17-18H2,2-3H3;3-4H2,1-2H3/b21-5+;. The van der Waals surface area contributed by atoms with E-state index in [2.05, 4.69) is 107 Å². The highest BCUT2D eigenvalue weighted by Gasteiger charge is 2.31. The van der Waals surface area contributed by atoms with E-state index in [4.69, 9.17) is 0 Å². The Morgan fingerprint density at radius 2 is 1.71 bits per heavy atom. The molecule has 0 saturated carbocycles. The van der Waals surface area contributed by atoms with Crippen molar-refractivity contribution in [2.75, 3.05) is 0 Å². The summed E-state index contributed by atoms with van der Waals surface area (Å²) in [7, 11) is 0. The van der Waals surface area contributed by atoms with Gasteiger partial charge in [-0.1, -0.05) is 119 Å². The highest BCUT2D eigenvalue weighted by atomic mass is 14.3. The number of fused-ring (bicyclic) bond motifs is 1. The van der Waals surface area contributed by atoms with Gasteiger partial charge in [0.05, 0.1) is 0 Å². The van der Waals surface area contributed by atoms with Crippen LogP contribution >= 0.6 is 0 Å². The first kappa shape index (κ1) is 23.1. The van der Waals surface area contributed by atoms with Gasteiger partial charge >= 0.3 is 0 Å². The van der Waals surface area contributed by atoms with Gasteiger partial charge in [-0.2, -0.15) is 0 Å². The summed E-state index contributed by atoms with van der Waals surface area (Å²) in [5.41, 5.74) is 8.50. The van der Waals surface area contributed by atoms with Gasteiger partial charge in [0, 0.05) is 11.8 Å². The molecule has 3 aliphatic rings. The Morgan fingerprint density at radius 3 is 2.29 bits per heavy atom. The summed E-state index contributed by atoms with van der Waals surface area (Å²) in [5.74, 6) is 1.58. The molecule has 4 rings (SSSR count). The van der Waals surface area contributed by atoms with E-state index in [1.54, 1.807) is 0 Å². The topological polar surface area (TPSA) is 0 Å². The van der Waals surface area contributed by atoms with Crippen LogP contribution in [0, 0.1) is 11.8 Å². The molecular weight excluding hydrogens is 372 g/mol. The van der Waals surface area contributed by atoms with Crippen LogP contribution in [0.2, 0.25) is 0 Å². The van der Waals surface area contributed by atoms with Gasteiger partial charge in [-0.15, -0.1) is 0 Å². The molecule has 0 radical (unpaired) electrons. The summed E-state index contributed by atoms with van der Waals surface area (Å²) in [4.78, 5) is 0. The van der Waals surface area contributed by atoms with Crippen molar-refractivity contribution in [3.8, 4) is 0 Å². The average Bonchev–Trinajstić information content (AvgIpc) is 3.46. The minimum atomic E-state index is 0.444. The highest BCUT2D eigenvalue weighted by Crippen LogP contribution is 2.44. The molecule has 0 spiro atoms. The second-order valence-electron chi connectivity index (χ2n) is 8.86. The van der Waals surface area contributed by atoms with Crippen molar-refractivity contribution < 1.29 is 0 Å². The Morgan fingerprint density at radius 1 is 1.03 bits per heavy atom. The molecule has 1 aromatic rings. The van der Waals surface area contributed by atoms with E-state index in [9.17, 15) is 0 Å². The van der Waals surface area contributed by atoms with Gasteiger partial charge in [-0.25, -0.2) is 0 Å². The number of allylic oxidation sites excluding steroid dienone is 13. The summed E-state index contributed by atoms with van der Waals surface area (Å²) >= 11 is 0. The fraction of sp³-hybridized carbons (Fsp3) is 0.355. The lowest BCUT2D eigenvalue weighted by Gasteiger charge is -2.29. The molecule has 0 heteroatoms. The third-order valence-corrected chi connectivity index (χ3v) is 6.53. The fourth-order valence-electron chi connectivity index (χ4n) is 4.64. The molecule has 0 aromatic heterocycles. The van der Waals surface area contributed by atoms with Crippen molar-refractivity contribution in [2.24, 2.45) is 11.8 Å². The van der Waals surface area contributed by atoms with E-state index in [-0.39, 0.29) is 0 Å². The zero-order chi connectivity index (χ0) is 22.2. The summed E-state index contributed by atoms with van der Waals surface area (Å²) in [6.45, 7) is 12.8. The average molecular weight is 411 g/mol. The van der Waals surface area contributed by atoms with Crippen LogP contribution in [0.5, 0.6) is 0 Å². The maximum absolute atomic E-state index is 4.00. The minimum Gasteiger partial charge on any atom is -0.0985 e. The molecule has 31 heavy (non-hydrogen) atoms. The molecule has 162 valence electrons. The van der Waals surface area contributed by atoms with E-state index >= 15 is 0 Å². The van der Waals surface area contributed by atoms with Crippen molar-refractivity contribution in [1.82, 2.24) is 0 Å². The number of hydrogen-bond donors (Lipinski definition) is 0. The molecule has 1 aromatic carbocycles. The van der Waals surface area contributed by atoms with Crippen LogP contribution in [0.15, 0.2) is 108 Å². The monoisotopic (exact) mass is 410 g/mol. The Balaban J connectivity index is 0.000000628. The lowest BCUT2D eigenvalue weighted by atomic mass is 9.75. The first-order valence-corrected chi connectivity index (χ1v) is 12.0. The predicted octanol–water partition coefficient (Wildman–Crippen LogP) is 8.83. The van der Waals surface area contributed by atoms with Gasteiger partial charge in [-0.05, 0) is 59.1 Å². The summed E-state index contributed by atoms with van der Waals surface area (Å²) < 4.78 is 0. The molecule has 0 bridgehead atoms. The van der Waals surface area contributed by atoms with Crippen LogP contribution < -0.4 is 0 Å². The quantitative estimate of drug-likeness (QED) is 0.411. The lowest BCUT2D eigenvalue weighted by Crippen LogP contribution is -2.17. The zero-order valence-corrected chi connectivity index (χ0v) is 19.8. The minimum absolute atomic E-state index is 0.444. The first-order valence-electron chi connectivity index (χ1n) is 12.0. The fourth-order valence-corrected chi connectivity index (χ4v) is 4.64. The Kier molecular flexibility index (Phi) is 8.29. The molecule has 0 N–H and O–H groups in total. The molecule has 2 unspecified atom stereocenters. The van der Waals surface area contributed by atoms with Crippen molar-refractivity contribution in [1.29, 1.82) is 0 Å². The van der Waals surface area contributed by atoms with Gasteiger partial charge in [-0.3, -0.25) is 0 Å². The smallest absolute Gasteiger partial charge is 0.0204 e. The van der Waals surface area contributed by atoms with Crippen LogP contribution in [0.1, 0.15) is 64.0 Å². The maximum Gasteiger partial charge on any atom is 0.0204 e. The van der Waals surface area contributed by atoms with Gasteiger partial charge in [0.25, 0.3) is 0 Å². The molecule has 0 saturated heterocycles. The van der Waals surface area contributed by atoms with E-state index in [1.807, 2.05) is 6.08 Å². The summed E-state index contributed by atoms with van der Waals surface area (Å²) in [6.07, 6.45) is 24.9. The van der Waals surface area contributed by atoms with Gasteiger partial charge in [0.15, 0.2) is 0 Å². The predicted molar refractivity (Wildman–Crippen MR) is 137 cm³/mol. The lowest BCUT2D eigenvalue weighted by molar-refractivity contribution is 0.528. The number of unbranched alkanes of at least 4 members (excludes halogenated alkanes) is 1. The van der Waals surface area contributed by atoms with Crippen molar-refractivity contribution in [3.63, 3.8) is 0 Å². The summed E-state index contributed by atoms with van der Waals surface area (Å²) in [5, 5.41) is 0. The van der Waals surface area contributed by atoms with Crippen molar-refractivity contribution in [2.45, 2.75) is 59.3 Å². The highest BCUT2D eigenvalue weighted by molar-refractivity contribution is 5.57. The molecule has 0 nitrogen and oxygen atoms in total. The molecular formula is C31H38. The van der Waals surface area contributed by atoms with Crippen LogP contribution in [0.3, 0.4) is 0 Å². The molecule has 3 aliphatic carbocycles. The Labute approximate surface area is 190 Å². The van der Waals surface area contributed by atoms with Crippen molar-refractivity contribution >= 4 is 0 Å². The SMILES string of the molecule is C=C/C(=C\C)C1=CC=C2C(Cc3ccc(C4C=CC=C4)cc3)=CC(C)CC21.CCCC. The number of rotatable bonds is 6. The zero-order valence-electron chi connectivity index (χ0n) is 19.8. The molecule has 0 heterocycles. The molecule has 2 atom stereocenters. The van der Waals surface area contributed by atoms with Crippen LogP contribution in [-0.2, 0) is 6.42 Å². The van der Waals surface area contributed by atoms with Gasteiger partial charge in [0.2, 0.25) is 0 Å². The van der Waals surface area contributed by atoms with E-state index in [0.717, 1.165) is 6.42 Å². The molecule has 0 aliphatic heterocycles. The van der Waals surface area contributed by atoms with Crippen LogP contribution in [0.25, 0.3) is 0 Å². The third kappa shape index (κ3) is 5.56. The maximum atomic E-state index is 4.00. The number of benzene rings is 1. The normalized spacial score (nSPS) is 22.3. The Hall–Kier alpha value is -2.60. The second-order valence-corrected chi connectivity index (χ2v) is 8.86. The number of hydrogen-bond acceptors (Lipinski definition) is 0. The van der Waals surface area contributed by atoms with E-state index < -0.39 is 0 Å². The Bertz CT molecular complexity index is 926. The van der Waals surface area contributed by atoms with Crippen LogP contribution in [0.4, 0.5) is 0 Å². The van der Waals surface area contributed by atoms with E-state index in [1.165, 1.54) is 52.7 Å². The second kappa shape index (κ2) is 11.1. The molecule has 0 amide bonds. The largest absolute Gasteiger partial charge is 0.0985 e. The summed E-state index contributed by atoms with van der Waals surface area (Å²) in [6, 6.07) is 9.17. The van der Waals surface area contributed by atoms with Crippen LogP contribution in [-0.4, -0.2) is 0 Å².